The Balaban J connectivity index is 2.25. The Hall–Kier alpha value is -1.53. The number of carboxylic acids is 1. The lowest BCUT2D eigenvalue weighted by atomic mass is 10.2. The van der Waals surface area contributed by atoms with Crippen LogP contribution in [0.4, 0.5) is 0 Å². The minimum Gasteiger partial charge on any atom is -0.478 e. The fourth-order valence-electron chi connectivity index (χ4n) is 1.37. The lowest BCUT2D eigenvalue weighted by molar-refractivity contribution is 0.0694. The Morgan fingerprint density at radius 2 is 2.33 bits per heavy atom. The van der Waals surface area contributed by atoms with E-state index < -0.39 is 5.97 Å². The molecule has 0 amide bonds. The van der Waals surface area contributed by atoms with E-state index in [4.69, 9.17) is 9.84 Å². The number of aromatic carboxylic acids is 1. The van der Waals surface area contributed by atoms with Crippen molar-refractivity contribution in [3.05, 3.63) is 23.8 Å². The topological polar surface area (TPSA) is 84.3 Å². The smallest absolute Gasteiger partial charge is 0.339 e. The predicted molar refractivity (Wildman–Crippen MR) is 66.4 cm³/mol. The summed E-state index contributed by atoms with van der Waals surface area (Å²) in [5.74, 6) is -1.01. The van der Waals surface area contributed by atoms with E-state index in [2.05, 4.69) is 22.2 Å². The summed E-state index contributed by atoms with van der Waals surface area (Å²) in [5, 5.41) is 12.0. The SMILES string of the molecule is CCCCOCCNCc1ncncc1C(=O)O. The number of rotatable bonds is 9. The summed E-state index contributed by atoms with van der Waals surface area (Å²) in [6, 6.07) is 0. The van der Waals surface area contributed by atoms with Crippen LogP contribution >= 0.6 is 0 Å². The maximum atomic E-state index is 10.9. The molecule has 0 saturated carbocycles. The monoisotopic (exact) mass is 253 g/mol. The number of nitrogens with zero attached hydrogens (tertiary/aromatic N) is 2. The third kappa shape index (κ3) is 5.20. The summed E-state index contributed by atoms with van der Waals surface area (Å²) in [4.78, 5) is 18.5. The Labute approximate surface area is 106 Å². The largest absolute Gasteiger partial charge is 0.478 e. The minimum atomic E-state index is -1.01. The van der Waals surface area contributed by atoms with Crippen molar-refractivity contribution in [2.24, 2.45) is 0 Å². The number of ether oxygens (including phenoxy) is 1. The molecule has 1 aromatic heterocycles. The van der Waals surface area contributed by atoms with Gasteiger partial charge in [0.2, 0.25) is 0 Å². The van der Waals surface area contributed by atoms with Gasteiger partial charge in [-0.2, -0.15) is 0 Å². The Morgan fingerprint density at radius 1 is 1.50 bits per heavy atom. The standard InChI is InChI=1S/C12H19N3O3/c1-2-3-5-18-6-4-13-8-11-10(12(16)17)7-14-9-15-11/h7,9,13H,2-6,8H2,1H3,(H,16,17). The number of nitrogens with one attached hydrogen (secondary N) is 1. The zero-order valence-corrected chi connectivity index (χ0v) is 10.6. The van der Waals surface area contributed by atoms with E-state index in [0.29, 0.717) is 25.4 Å². The molecule has 0 unspecified atom stereocenters. The van der Waals surface area contributed by atoms with Crippen LogP contribution in [0.5, 0.6) is 0 Å². The molecular weight excluding hydrogens is 234 g/mol. The lowest BCUT2D eigenvalue weighted by Gasteiger charge is -2.07. The van der Waals surface area contributed by atoms with Crippen molar-refractivity contribution < 1.29 is 14.6 Å². The molecule has 0 spiro atoms. The van der Waals surface area contributed by atoms with E-state index in [9.17, 15) is 4.79 Å². The van der Waals surface area contributed by atoms with Gasteiger partial charge in [0.25, 0.3) is 0 Å². The second-order valence-electron chi connectivity index (χ2n) is 3.83. The van der Waals surface area contributed by atoms with Gasteiger partial charge in [0.15, 0.2) is 0 Å². The van der Waals surface area contributed by atoms with Crippen molar-refractivity contribution in [1.82, 2.24) is 15.3 Å². The van der Waals surface area contributed by atoms with Crippen LogP contribution in [-0.4, -0.2) is 40.8 Å². The van der Waals surface area contributed by atoms with E-state index in [0.717, 1.165) is 19.4 Å². The molecule has 0 bridgehead atoms. The highest BCUT2D eigenvalue weighted by Crippen LogP contribution is 2.02. The van der Waals surface area contributed by atoms with Gasteiger partial charge in [0, 0.05) is 25.9 Å². The van der Waals surface area contributed by atoms with Crippen LogP contribution in [-0.2, 0) is 11.3 Å². The molecule has 0 radical (unpaired) electrons. The molecule has 0 aliphatic rings. The molecular formula is C12H19N3O3. The molecule has 0 aromatic carbocycles. The van der Waals surface area contributed by atoms with Crippen LogP contribution < -0.4 is 5.32 Å². The van der Waals surface area contributed by atoms with Crippen LogP contribution in [0.2, 0.25) is 0 Å². The van der Waals surface area contributed by atoms with Gasteiger partial charge in [-0.15, -0.1) is 0 Å². The molecule has 1 rings (SSSR count). The van der Waals surface area contributed by atoms with E-state index in [1.165, 1.54) is 12.5 Å². The maximum Gasteiger partial charge on any atom is 0.339 e. The van der Waals surface area contributed by atoms with Crippen molar-refractivity contribution in [2.45, 2.75) is 26.3 Å². The molecule has 0 aliphatic heterocycles. The van der Waals surface area contributed by atoms with E-state index in [-0.39, 0.29) is 5.56 Å². The Kier molecular flexibility index (Phi) is 6.90. The molecule has 0 aliphatic carbocycles. The quantitative estimate of drug-likeness (QED) is 0.641. The molecule has 18 heavy (non-hydrogen) atoms. The zero-order valence-electron chi connectivity index (χ0n) is 10.6. The Morgan fingerprint density at radius 3 is 3.06 bits per heavy atom. The molecule has 1 aromatic rings. The molecule has 0 saturated heterocycles. The van der Waals surface area contributed by atoms with Crippen molar-refractivity contribution in [3.63, 3.8) is 0 Å². The third-order valence-corrected chi connectivity index (χ3v) is 2.38. The van der Waals surface area contributed by atoms with Crippen LogP contribution in [0, 0.1) is 0 Å². The van der Waals surface area contributed by atoms with Gasteiger partial charge in [-0.25, -0.2) is 14.8 Å². The summed E-state index contributed by atoms with van der Waals surface area (Å²) in [7, 11) is 0. The summed E-state index contributed by atoms with van der Waals surface area (Å²) >= 11 is 0. The van der Waals surface area contributed by atoms with Crippen LogP contribution in [0.15, 0.2) is 12.5 Å². The highest BCUT2D eigenvalue weighted by atomic mass is 16.5. The van der Waals surface area contributed by atoms with Gasteiger partial charge in [0.05, 0.1) is 12.3 Å². The molecule has 2 N–H and O–H groups in total. The predicted octanol–water partition coefficient (Wildman–Crippen LogP) is 1.08. The zero-order chi connectivity index (χ0) is 13.2. The third-order valence-electron chi connectivity index (χ3n) is 2.38. The Bertz CT molecular complexity index is 371. The maximum absolute atomic E-state index is 10.9. The first-order valence-corrected chi connectivity index (χ1v) is 6.06. The average molecular weight is 253 g/mol. The first kappa shape index (κ1) is 14.5. The molecule has 1 heterocycles. The number of hydrogen-bond donors (Lipinski definition) is 2. The van der Waals surface area contributed by atoms with E-state index >= 15 is 0 Å². The summed E-state index contributed by atoms with van der Waals surface area (Å²) in [6.07, 6.45) is 4.84. The van der Waals surface area contributed by atoms with Gasteiger partial charge >= 0.3 is 5.97 Å². The second-order valence-corrected chi connectivity index (χ2v) is 3.83. The summed E-state index contributed by atoms with van der Waals surface area (Å²) < 4.78 is 5.38. The van der Waals surface area contributed by atoms with Gasteiger partial charge < -0.3 is 15.2 Å². The highest BCUT2D eigenvalue weighted by molar-refractivity contribution is 5.88. The molecule has 6 heteroatoms. The van der Waals surface area contributed by atoms with Gasteiger partial charge in [0.1, 0.15) is 11.9 Å². The van der Waals surface area contributed by atoms with Crippen molar-refractivity contribution in [3.8, 4) is 0 Å². The minimum absolute atomic E-state index is 0.136. The molecule has 100 valence electrons. The number of aromatic nitrogens is 2. The second kappa shape index (κ2) is 8.54. The fraction of sp³-hybridized carbons (Fsp3) is 0.583. The highest BCUT2D eigenvalue weighted by Gasteiger charge is 2.10. The van der Waals surface area contributed by atoms with Gasteiger partial charge in [-0.3, -0.25) is 0 Å². The van der Waals surface area contributed by atoms with Crippen LogP contribution in [0.25, 0.3) is 0 Å². The summed E-state index contributed by atoms with van der Waals surface area (Å²) in [5.41, 5.74) is 0.628. The van der Waals surface area contributed by atoms with Gasteiger partial charge in [-0.1, -0.05) is 13.3 Å². The van der Waals surface area contributed by atoms with E-state index in [1.54, 1.807) is 0 Å². The summed E-state index contributed by atoms with van der Waals surface area (Å²) in [6.45, 7) is 4.58. The van der Waals surface area contributed by atoms with Crippen molar-refractivity contribution >= 4 is 5.97 Å². The molecule has 6 nitrogen and oxygen atoms in total. The van der Waals surface area contributed by atoms with Crippen molar-refractivity contribution in [2.75, 3.05) is 19.8 Å². The first-order chi connectivity index (χ1) is 8.75. The first-order valence-electron chi connectivity index (χ1n) is 6.06. The van der Waals surface area contributed by atoms with Gasteiger partial charge in [-0.05, 0) is 6.42 Å². The number of carbonyl (C=O) groups is 1. The molecule has 0 fully saturated rings. The average Bonchev–Trinajstić information content (AvgIpc) is 2.38. The number of carboxylic acid groups (broad SMARTS) is 1. The number of unbranched alkanes of at least 4 members (excludes halogenated alkanes) is 1. The van der Waals surface area contributed by atoms with Crippen molar-refractivity contribution in [1.29, 1.82) is 0 Å². The lowest BCUT2D eigenvalue weighted by Crippen LogP contribution is -2.21. The molecule has 0 atom stereocenters. The van der Waals surface area contributed by atoms with E-state index in [1.807, 2.05) is 0 Å². The number of hydrogen-bond acceptors (Lipinski definition) is 5. The van der Waals surface area contributed by atoms with Crippen LogP contribution in [0.3, 0.4) is 0 Å². The normalized spacial score (nSPS) is 10.5. The fourth-order valence-corrected chi connectivity index (χ4v) is 1.37. The van der Waals surface area contributed by atoms with Crippen LogP contribution in [0.1, 0.15) is 35.8 Å².